The van der Waals surface area contributed by atoms with Crippen molar-refractivity contribution in [2.24, 2.45) is 0 Å². The number of fused-ring (bicyclic) bond motifs is 2. The highest BCUT2D eigenvalue weighted by atomic mass is 32.1. The smallest absolute Gasteiger partial charge is 0.124 e. The zero-order valence-corrected chi connectivity index (χ0v) is 10.6. The SMILES string of the molecule is CCc1ccc2nc3sc(C(=O)[O-])cc3cc2c1. The van der Waals surface area contributed by atoms with Gasteiger partial charge in [0.05, 0.1) is 16.4 Å². The third-order valence-electron chi connectivity index (χ3n) is 2.97. The fraction of sp³-hybridized carbons (Fsp3) is 0.143. The molecule has 1 aromatic carbocycles. The van der Waals surface area contributed by atoms with Crippen LogP contribution in [0.3, 0.4) is 0 Å². The molecule has 0 saturated heterocycles. The number of carboxylic acids is 1. The Bertz CT molecular complexity index is 761. The number of nitrogens with zero attached hydrogens (tertiary/aromatic N) is 1. The van der Waals surface area contributed by atoms with Crippen molar-refractivity contribution >= 4 is 38.4 Å². The van der Waals surface area contributed by atoms with Gasteiger partial charge in [0.25, 0.3) is 0 Å². The summed E-state index contributed by atoms with van der Waals surface area (Å²) in [5.41, 5.74) is 2.14. The number of carbonyl (C=O) groups excluding carboxylic acids is 1. The van der Waals surface area contributed by atoms with E-state index >= 15 is 0 Å². The Morgan fingerprint density at radius 2 is 2.11 bits per heavy atom. The van der Waals surface area contributed by atoms with Crippen LogP contribution in [0.1, 0.15) is 22.2 Å². The van der Waals surface area contributed by atoms with Crippen LogP contribution in [0.4, 0.5) is 0 Å². The van der Waals surface area contributed by atoms with E-state index in [-0.39, 0.29) is 4.88 Å². The first-order valence-corrected chi connectivity index (χ1v) is 6.53. The minimum atomic E-state index is -1.14. The molecule has 18 heavy (non-hydrogen) atoms. The van der Waals surface area contributed by atoms with E-state index in [4.69, 9.17) is 0 Å². The van der Waals surface area contributed by atoms with Crippen LogP contribution < -0.4 is 5.11 Å². The zero-order chi connectivity index (χ0) is 12.7. The average Bonchev–Trinajstić information content (AvgIpc) is 2.78. The molecule has 0 amide bonds. The standard InChI is InChI=1S/C14H11NO2S/c1-2-8-3-4-11-9(5-8)6-10-7-12(14(16)17)18-13(10)15-11/h3-7H,2H2,1H3,(H,16,17)/p-1. The summed E-state index contributed by atoms with van der Waals surface area (Å²) in [5.74, 6) is -1.14. The zero-order valence-electron chi connectivity index (χ0n) is 9.77. The second-order valence-electron chi connectivity index (χ2n) is 4.16. The molecule has 2 heterocycles. The summed E-state index contributed by atoms with van der Waals surface area (Å²) in [4.78, 5) is 16.3. The highest BCUT2D eigenvalue weighted by Gasteiger charge is 2.06. The molecule has 0 atom stereocenters. The normalized spacial score (nSPS) is 11.2. The first kappa shape index (κ1) is 11.2. The quantitative estimate of drug-likeness (QED) is 0.707. The van der Waals surface area contributed by atoms with Gasteiger partial charge in [-0.3, -0.25) is 0 Å². The van der Waals surface area contributed by atoms with Gasteiger partial charge in [0.1, 0.15) is 4.83 Å². The largest absolute Gasteiger partial charge is 0.544 e. The number of hydrogen-bond acceptors (Lipinski definition) is 4. The van der Waals surface area contributed by atoms with E-state index in [1.807, 2.05) is 12.1 Å². The summed E-state index contributed by atoms with van der Waals surface area (Å²) in [6.45, 7) is 2.10. The lowest BCUT2D eigenvalue weighted by Gasteiger charge is -2.00. The van der Waals surface area contributed by atoms with Crippen molar-refractivity contribution in [2.45, 2.75) is 13.3 Å². The Hall–Kier alpha value is -1.94. The molecule has 0 bridgehead atoms. The molecular formula is C14H10NO2S-. The molecule has 0 N–H and O–H groups in total. The molecule has 2 aromatic heterocycles. The molecule has 0 unspecified atom stereocenters. The Labute approximate surface area is 108 Å². The minimum absolute atomic E-state index is 0.225. The molecule has 0 aliphatic heterocycles. The molecule has 3 aromatic rings. The van der Waals surface area contributed by atoms with E-state index in [0.717, 1.165) is 38.9 Å². The molecule has 0 radical (unpaired) electrons. The number of thiophene rings is 1. The predicted octanol–water partition coefficient (Wildman–Crippen LogP) is 2.38. The van der Waals surface area contributed by atoms with E-state index in [0.29, 0.717) is 0 Å². The van der Waals surface area contributed by atoms with Gasteiger partial charge in [-0.15, -0.1) is 11.3 Å². The van der Waals surface area contributed by atoms with Gasteiger partial charge in [-0.25, -0.2) is 4.98 Å². The highest BCUT2D eigenvalue weighted by molar-refractivity contribution is 7.20. The lowest BCUT2D eigenvalue weighted by atomic mass is 10.1. The molecule has 0 aliphatic rings. The number of aryl methyl sites for hydroxylation is 1. The van der Waals surface area contributed by atoms with Crippen LogP contribution >= 0.6 is 11.3 Å². The van der Waals surface area contributed by atoms with Gasteiger partial charge >= 0.3 is 0 Å². The molecule has 0 fully saturated rings. The molecule has 0 aliphatic carbocycles. The van der Waals surface area contributed by atoms with Crippen LogP contribution in [-0.4, -0.2) is 11.0 Å². The number of hydrogen-bond donors (Lipinski definition) is 0. The molecular weight excluding hydrogens is 246 g/mol. The fourth-order valence-electron chi connectivity index (χ4n) is 2.01. The predicted molar refractivity (Wildman–Crippen MR) is 70.8 cm³/mol. The Kier molecular flexibility index (Phi) is 2.52. The van der Waals surface area contributed by atoms with Crippen molar-refractivity contribution in [2.75, 3.05) is 0 Å². The topological polar surface area (TPSA) is 53.0 Å². The van der Waals surface area contributed by atoms with E-state index in [9.17, 15) is 9.90 Å². The van der Waals surface area contributed by atoms with Gasteiger partial charge in [-0.05, 0) is 36.2 Å². The number of aromatic carboxylic acids is 1. The lowest BCUT2D eigenvalue weighted by Crippen LogP contribution is -2.20. The van der Waals surface area contributed by atoms with Crippen molar-refractivity contribution in [3.8, 4) is 0 Å². The summed E-state index contributed by atoms with van der Waals surface area (Å²) in [5, 5.41) is 12.7. The first-order chi connectivity index (χ1) is 8.67. The van der Waals surface area contributed by atoms with Crippen molar-refractivity contribution in [1.29, 1.82) is 0 Å². The summed E-state index contributed by atoms with van der Waals surface area (Å²) < 4.78 is 0. The van der Waals surface area contributed by atoms with Gasteiger partial charge in [-0.1, -0.05) is 13.0 Å². The van der Waals surface area contributed by atoms with Crippen LogP contribution in [0.5, 0.6) is 0 Å². The second-order valence-corrected chi connectivity index (χ2v) is 5.19. The molecule has 0 spiro atoms. The molecule has 90 valence electrons. The summed E-state index contributed by atoms with van der Waals surface area (Å²) in [6.07, 6.45) is 0.974. The Morgan fingerprint density at radius 1 is 1.28 bits per heavy atom. The van der Waals surface area contributed by atoms with Crippen molar-refractivity contribution < 1.29 is 9.90 Å². The molecule has 4 heteroatoms. The van der Waals surface area contributed by atoms with E-state index in [1.54, 1.807) is 6.07 Å². The van der Waals surface area contributed by atoms with Gasteiger partial charge in [0, 0.05) is 10.8 Å². The Balaban J connectivity index is 2.29. The average molecular weight is 256 g/mol. The number of carbonyl (C=O) groups is 1. The number of benzene rings is 1. The maximum absolute atomic E-state index is 10.8. The van der Waals surface area contributed by atoms with E-state index < -0.39 is 5.97 Å². The number of pyridine rings is 1. The van der Waals surface area contributed by atoms with Crippen molar-refractivity contribution in [3.63, 3.8) is 0 Å². The molecule has 3 rings (SSSR count). The Morgan fingerprint density at radius 3 is 2.83 bits per heavy atom. The number of carboxylic acid groups (broad SMARTS) is 1. The maximum atomic E-state index is 10.8. The first-order valence-electron chi connectivity index (χ1n) is 5.72. The van der Waals surface area contributed by atoms with E-state index in [2.05, 4.69) is 24.0 Å². The van der Waals surface area contributed by atoms with Crippen LogP contribution in [0.2, 0.25) is 0 Å². The minimum Gasteiger partial charge on any atom is -0.544 e. The number of aromatic nitrogens is 1. The van der Waals surface area contributed by atoms with Crippen LogP contribution in [0, 0.1) is 0 Å². The third kappa shape index (κ3) is 1.75. The second kappa shape index (κ2) is 4.07. The monoisotopic (exact) mass is 256 g/mol. The maximum Gasteiger partial charge on any atom is 0.124 e. The summed E-state index contributed by atoms with van der Waals surface area (Å²) in [6, 6.07) is 9.73. The van der Waals surface area contributed by atoms with Gasteiger partial charge < -0.3 is 9.90 Å². The fourth-order valence-corrected chi connectivity index (χ4v) is 2.86. The van der Waals surface area contributed by atoms with Crippen molar-refractivity contribution in [3.05, 3.63) is 40.8 Å². The molecule has 0 saturated carbocycles. The number of rotatable bonds is 2. The highest BCUT2D eigenvalue weighted by Crippen LogP contribution is 2.27. The summed E-state index contributed by atoms with van der Waals surface area (Å²) >= 11 is 1.16. The van der Waals surface area contributed by atoms with Crippen LogP contribution in [0.25, 0.3) is 21.1 Å². The lowest BCUT2D eigenvalue weighted by molar-refractivity contribution is -0.254. The summed E-state index contributed by atoms with van der Waals surface area (Å²) in [7, 11) is 0. The van der Waals surface area contributed by atoms with E-state index in [1.165, 1.54) is 5.56 Å². The van der Waals surface area contributed by atoms with Gasteiger partial charge in [-0.2, -0.15) is 0 Å². The molecule has 3 nitrogen and oxygen atoms in total. The van der Waals surface area contributed by atoms with Crippen molar-refractivity contribution in [1.82, 2.24) is 4.98 Å². The third-order valence-corrected chi connectivity index (χ3v) is 4.00. The van der Waals surface area contributed by atoms with Gasteiger partial charge in [0.15, 0.2) is 0 Å². The van der Waals surface area contributed by atoms with Crippen LogP contribution in [-0.2, 0) is 6.42 Å². The van der Waals surface area contributed by atoms with Crippen LogP contribution in [0.15, 0.2) is 30.3 Å². The van der Waals surface area contributed by atoms with Gasteiger partial charge in [0.2, 0.25) is 0 Å².